The van der Waals surface area contributed by atoms with Crippen molar-refractivity contribution >= 4 is 17.5 Å². The summed E-state index contributed by atoms with van der Waals surface area (Å²) >= 11 is 0. The van der Waals surface area contributed by atoms with E-state index in [0.29, 0.717) is 23.7 Å². The largest absolute Gasteiger partial charge is 0.392 e. The fraction of sp³-hybridized carbons (Fsp3) is 0.333. The number of aliphatic hydroxyl groups is 1. The Morgan fingerprint density at radius 2 is 1.93 bits per heavy atom. The van der Waals surface area contributed by atoms with Gasteiger partial charge in [0.2, 0.25) is 0 Å². The number of rotatable bonds is 3. The third-order valence-electron chi connectivity index (χ3n) is 4.59. The maximum atomic E-state index is 11.9. The minimum absolute atomic E-state index is 0.125. The van der Waals surface area contributed by atoms with Crippen molar-refractivity contribution in [1.29, 1.82) is 0 Å². The molecule has 2 heterocycles. The van der Waals surface area contributed by atoms with Crippen molar-refractivity contribution in [3.8, 4) is 11.8 Å². The number of nitrogen functional groups attached to an aromatic ring is 1. The molecule has 0 saturated heterocycles. The van der Waals surface area contributed by atoms with Gasteiger partial charge in [-0.2, -0.15) is 13.2 Å². The molecule has 1 atom stereocenters. The number of anilines is 2. The molecule has 1 aromatic carbocycles. The number of aliphatic hydroxyl groups excluding tert-OH is 1. The average molecular weight is 418 g/mol. The topological polar surface area (TPSA) is 100 Å². The van der Waals surface area contributed by atoms with Crippen LogP contribution in [0.4, 0.5) is 29.5 Å². The summed E-state index contributed by atoms with van der Waals surface area (Å²) in [6, 6.07) is 9.09. The van der Waals surface area contributed by atoms with Crippen LogP contribution in [0.25, 0.3) is 0 Å². The Bertz CT molecular complexity index is 981. The maximum absolute atomic E-state index is 11.9. The predicted molar refractivity (Wildman–Crippen MR) is 106 cm³/mol. The zero-order valence-corrected chi connectivity index (χ0v) is 16.0. The number of amides is 2. The van der Waals surface area contributed by atoms with Crippen molar-refractivity contribution in [1.82, 2.24) is 10.3 Å². The van der Waals surface area contributed by atoms with Crippen molar-refractivity contribution in [2.24, 2.45) is 5.92 Å². The van der Waals surface area contributed by atoms with Crippen LogP contribution in [0.2, 0.25) is 0 Å². The number of pyridine rings is 1. The van der Waals surface area contributed by atoms with Crippen molar-refractivity contribution < 1.29 is 23.1 Å². The Labute approximate surface area is 171 Å². The molecular formula is C21H21F3N4O2. The lowest BCUT2D eigenvalue weighted by atomic mass is 9.98. The van der Waals surface area contributed by atoms with E-state index in [1.165, 1.54) is 0 Å². The summed E-state index contributed by atoms with van der Waals surface area (Å²) in [5, 5.41) is 14.9. The van der Waals surface area contributed by atoms with E-state index in [1.54, 1.807) is 6.07 Å². The molecule has 0 spiro atoms. The second-order valence-corrected chi connectivity index (χ2v) is 6.95. The Morgan fingerprint density at radius 3 is 2.57 bits per heavy atom. The Morgan fingerprint density at radius 1 is 1.20 bits per heavy atom. The predicted octanol–water partition coefficient (Wildman–Crippen LogP) is 3.52. The van der Waals surface area contributed by atoms with Gasteiger partial charge in [-0.05, 0) is 30.5 Å². The van der Waals surface area contributed by atoms with Crippen molar-refractivity contribution in [2.45, 2.75) is 38.6 Å². The number of alkyl halides is 3. The van der Waals surface area contributed by atoms with Gasteiger partial charge < -0.3 is 21.5 Å². The molecule has 1 aliphatic carbocycles. The van der Waals surface area contributed by atoms with Gasteiger partial charge in [0, 0.05) is 34.8 Å². The zero-order valence-electron chi connectivity index (χ0n) is 16.0. The molecule has 0 bridgehead atoms. The third-order valence-corrected chi connectivity index (χ3v) is 4.59. The fourth-order valence-electron chi connectivity index (χ4n) is 2.97. The first-order chi connectivity index (χ1) is 14.4. The fourth-order valence-corrected chi connectivity index (χ4v) is 2.97. The van der Waals surface area contributed by atoms with Crippen LogP contribution in [-0.2, 0) is 13.0 Å². The molecule has 2 aromatic rings. The SMILES string of the molecule is FC(F)F.Nc1nc(Cc2ccc3c(c2)NC(=O)N[C@H]3C#CC2CC2)ccc1CO. The van der Waals surface area contributed by atoms with E-state index in [0.717, 1.165) is 35.3 Å². The molecule has 2 aliphatic rings. The quantitative estimate of drug-likeness (QED) is 0.573. The summed E-state index contributed by atoms with van der Waals surface area (Å²) in [4.78, 5) is 16.3. The normalized spacial score (nSPS) is 17.0. The molecule has 1 saturated carbocycles. The molecule has 0 radical (unpaired) electrons. The van der Waals surface area contributed by atoms with Crippen LogP contribution in [0, 0.1) is 17.8 Å². The molecule has 1 fully saturated rings. The van der Waals surface area contributed by atoms with Gasteiger partial charge in [0.15, 0.2) is 0 Å². The van der Waals surface area contributed by atoms with Crippen molar-refractivity contribution in [3.63, 3.8) is 0 Å². The standard InChI is InChI=1S/C20H20N4O2.CHF3/c21-19-14(11-25)5-6-15(22-19)9-13-3-7-16-17(8-4-12-1-2-12)23-20(26)24-18(16)10-13;2-1(3)4/h3,5-7,10,12,17,25H,1-2,9,11H2,(H2,21,22)(H2,23,24,26);1H/t17-;/m0./s1. The molecule has 6 nitrogen and oxygen atoms in total. The van der Waals surface area contributed by atoms with E-state index < -0.39 is 6.68 Å². The summed E-state index contributed by atoms with van der Waals surface area (Å²) in [7, 11) is 0. The molecule has 9 heteroatoms. The molecule has 1 aliphatic heterocycles. The molecular weight excluding hydrogens is 397 g/mol. The van der Waals surface area contributed by atoms with Gasteiger partial charge in [0.25, 0.3) is 0 Å². The molecule has 5 N–H and O–H groups in total. The lowest BCUT2D eigenvalue weighted by molar-refractivity contribution is 0.00819. The van der Waals surface area contributed by atoms with Crippen LogP contribution >= 0.6 is 0 Å². The Hall–Kier alpha value is -3.25. The monoisotopic (exact) mass is 418 g/mol. The minimum atomic E-state index is -3.67. The summed E-state index contributed by atoms with van der Waals surface area (Å²) < 4.78 is 29.0. The van der Waals surface area contributed by atoms with E-state index in [-0.39, 0.29) is 18.7 Å². The number of nitrogens with two attached hydrogens (primary N) is 1. The smallest absolute Gasteiger partial charge is 0.379 e. The molecule has 158 valence electrons. The average Bonchev–Trinajstić information content (AvgIpc) is 3.50. The number of urea groups is 1. The van der Waals surface area contributed by atoms with Gasteiger partial charge in [-0.3, -0.25) is 0 Å². The van der Waals surface area contributed by atoms with Gasteiger partial charge in [-0.1, -0.05) is 30.0 Å². The van der Waals surface area contributed by atoms with Crippen LogP contribution in [0.1, 0.15) is 41.3 Å². The van der Waals surface area contributed by atoms with E-state index in [9.17, 15) is 23.1 Å². The summed E-state index contributed by atoms with van der Waals surface area (Å²) in [5.41, 5.74) is 10.0. The van der Waals surface area contributed by atoms with Crippen LogP contribution in [0.3, 0.4) is 0 Å². The molecule has 4 rings (SSSR count). The highest BCUT2D eigenvalue weighted by molar-refractivity contribution is 5.93. The highest BCUT2D eigenvalue weighted by Crippen LogP contribution is 2.31. The second-order valence-electron chi connectivity index (χ2n) is 6.95. The van der Waals surface area contributed by atoms with Crippen LogP contribution in [0.5, 0.6) is 0 Å². The van der Waals surface area contributed by atoms with Crippen LogP contribution < -0.4 is 16.4 Å². The first-order valence-corrected chi connectivity index (χ1v) is 9.34. The maximum Gasteiger partial charge on any atom is 0.379 e. The van der Waals surface area contributed by atoms with E-state index in [1.807, 2.05) is 24.3 Å². The molecule has 2 amide bonds. The Kier molecular flexibility index (Phi) is 6.79. The molecule has 0 unspecified atom stereocenters. The summed E-state index contributed by atoms with van der Waals surface area (Å²) in [5.74, 6) is 7.24. The summed E-state index contributed by atoms with van der Waals surface area (Å²) in [6.07, 6.45) is 2.90. The van der Waals surface area contributed by atoms with Crippen LogP contribution in [0.15, 0.2) is 30.3 Å². The van der Waals surface area contributed by atoms with Crippen molar-refractivity contribution in [3.05, 3.63) is 52.7 Å². The van der Waals surface area contributed by atoms with E-state index in [2.05, 4.69) is 27.5 Å². The first kappa shape index (κ1) is 21.5. The third kappa shape index (κ3) is 5.87. The lowest BCUT2D eigenvalue weighted by Crippen LogP contribution is -2.37. The molecule has 1 aromatic heterocycles. The lowest BCUT2D eigenvalue weighted by Gasteiger charge is -2.24. The number of benzene rings is 1. The first-order valence-electron chi connectivity index (χ1n) is 9.34. The van der Waals surface area contributed by atoms with Gasteiger partial charge in [-0.15, -0.1) is 0 Å². The number of hydrogen-bond donors (Lipinski definition) is 4. The van der Waals surface area contributed by atoms with Gasteiger partial charge >= 0.3 is 12.7 Å². The molecule has 30 heavy (non-hydrogen) atoms. The number of hydrogen-bond acceptors (Lipinski definition) is 4. The van der Waals surface area contributed by atoms with Crippen LogP contribution in [-0.4, -0.2) is 22.8 Å². The minimum Gasteiger partial charge on any atom is -0.392 e. The number of carbonyl (C=O) groups excluding carboxylic acids is 1. The van der Waals surface area contributed by atoms with Gasteiger partial charge in [0.05, 0.1) is 6.61 Å². The highest BCUT2D eigenvalue weighted by Gasteiger charge is 2.24. The highest BCUT2D eigenvalue weighted by atomic mass is 19.4. The Balaban J connectivity index is 0.000000589. The van der Waals surface area contributed by atoms with Gasteiger partial charge in [0.1, 0.15) is 11.9 Å². The zero-order chi connectivity index (χ0) is 21.7. The number of halogens is 3. The van der Waals surface area contributed by atoms with E-state index >= 15 is 0 Å². The number of aromatic nitrogens is 1. The van der Waals surface area contributed by atoms with E-state index in [4.69, 9.17) is 5.73 Å². The second kappa shape index (κ2) is 9.50. The number of fused-ring (bicyclic) bond motifs is 1. The number of nitrogens with zero attached hydrogens (tertiary/aromatic N) is 1. The van der Waals surface area contributed by atoms with Crippen molar-refractivity contribution in [2.75, 3.05) is 11.1 Å². The van der Waals surface area contributed by atoms with Gasteiger partial charge in [-0.25, -0.2) is 9.78 Å². The number of nitrogens with one attached hydrogen (secondary N) is 2. The summed E-state index contributed by atoms with van der Waals surface area (Å²) in [6.45, 7) is -3.79. The number of carbonyl (C=O) groups is 1.